The molecular formula is C27H19F6N3S. The molecule has 5 aromatic rings. The number of benzene rings is 3. The number of alkyl halides is 3. The summed E-state index contributed by atoms with van der Waals surface area (Å²) >= 11 is 1.60. The van der Waals surface area contributed by atoms with Crippen LogP contribution in [0.2, 0.25) is 0 Å². The molecule has 0 aliphatic carbocycles. The minimum atomic E-state index is -4.69. The standard InChI is InChI=1S/C27H19F6N3S/c1-15-8-9-37-24(15)13-34-18-5-2-4-16(10-18)26-19-6-3-7-21(27(31,32)33)25(19)35-36(26)14-20-22(29)11-17(28)12-23(20)30/h2-12,34H,13-14H2,1H3. The molecule has 1 N–H and O–H groups in total. The highest BCUT2D eigenvalue weighted by atomic mass is 32.1. The van der Waals surface area contributed by atoms with Crippen molar-refractivity contribution in [3.8, 4) is 11.3 Å². The summed E-state index contributed by atoms with van der Waals surface area (Å²) in [4.78, 5) is 1.14. The molecule has 5 rings (SSSR count). The number of hydrogen-bond donors (Lipinski definition) is 1. The topological polar surface area (TPSA) is 29.9 Å². The molecule has 190 valence electrons. The van der Waals surface area contributed by atoms with Crippen molar-refractivity contribution in [2.24, 2.45) is 0 Å². The second-order valence-electron chi connectivity index (χ2n) is 8.51. The van der Waals surface area contributed by atoms with E-state index >= 15 is 0 Å². The van der Waals surface area contributed by atoms with Gasteiger partial charge in [0.05, 0.1) is 17.8 Å². The summed E-state index contributed by atoms with van der Waals surface area (Å²) in [6, 6.07) is 13.7. The molecule has 2 heterocycles. The largest absolute Gasteiger partial charge is 0.418 e. The van der Waals surface area contributed by atoms with E-state index < -0.39 is 41.3 Å². The van der Waals surface area contributed by atoms with Crippen LogP contribution in [0.3, 0.4) is 0 Å². The molecule has 0 aliphatic heterocycles. The second kappa shape index (κ2) is 9.59. The van der Waals surface area contributed by atoms with Crippen LogP contribution in [0.1, 0.15) is 21.6 Å². The van der Waals surface area contributed by atoms with Gasteiger partial charge in [0.15, 0.2) is 0 Å². The Morgan fingerprint density at radius 2 is 1.68 bits per heavy atom. The van der Waals surface area contributed by atoms with Gasteiger partial charge in [-0.1, -0.05) is 24.3 Å². The van der Waals surface area contributed by atoms with Crippen molar-refractivity contribution in [1.29, 1.82) is 0 Å². The number of halogens is 6. The highest BCUT2D eigenvalue weighted by Crippen LogP contribution is 2.39. The van der Waals surface area contributed by atoms with Gasteiger partial charge in [-0.2, -0.15) is 18.3 Å². The number of aromatic nitrogens is 2. The zero-order chi connectivity index (χ0) is 26.3. The van der Waals surface area contributed by atoms with E-state index in [9.17, 15) is 26.3 Å². The molecular weight excluding hydrogens is 512 g/mol. The van der Waals surface area contributed by atoms with E-state index in [4.69, 9.17) is 0 Å². The maximum Gasteiger partial charge on any atom is 0.418 e. The van der Waals surface area contributed by atoms with E-state index in [0.717, 1.165) is 21.2 Å². The summed E-state index contributed by atoms with van der Waals surface area (Å²) < 4.78 is 84.9. The number of nitrogens with one attached hydrogen (secondary N) is 1. The molecule has 0 aliphatic rings. The Bertz CT molecular complexity index is 1580. The van der Waals surface area contributed by atoms with Crippen LogP contribution in [0.25, 0.3) is 22.2 Å². The molecule has 0 bridgehead atoms. The van der Waals surface area contributed by atoms with Crippen LogP contribution in [0.4, 0.5) is 32.0 Å². The van der Waals surface area contributed by atoms with Crippen molar-refractivity contribution in [2.45, 2.75) is 26.2 Å². The molecule has 3 aromatic carbocycles. The summed E-state index contributed by atoms with van der Waals surface area (Å²) in [5.41, 5.74) is 0.773. The third kappa shape index (κ3) is 4.93. The Morgan fingerprint density at radius 1 is 0.946 bits per heavy atom. The number of aryl methyl sites for hydroxylation is 1. The van der Waals surface area contributed by atoms with E-state index in [1.807, 2.05) is 24.4 Å². The average Bonchev–Trinajstić information content (AvgIpc) is 3.42. The number of fused-ring (bicyclic) bond motifs is 1. The van der Waals surface area contributed by atoms with Gasteiger partial charge < -0.3 is 5.32 Å². The van der Waals surface area contributed by atoms with Crippen molar-refractivity contribution >= 4 is 27.9 Å². The van der Waals surface area contributed by atoms with Crippen LogP contribution < -0.4 is 5.32 Å². The summed E-state index contributed by atoms with van der Waals surface area (Å²) in [5, 5.41) is 9.60. The van der Waals surface area contributed by atoms with Crippen molar-refractivity contribution in [1.82, 2.24) is 9.78 Å². The quantitative estimate of drug-likeness (QED) is 0.224. The van der Waals surface area contributed by atoms with E-state index in [0.29, 0.717) is 29.9 Å². The number of nitrogens with zero attached hydrogens (tertiary/aromatic N) is 2. The molecule has 0 atom stereocenters. The number of hydrogen-bond acceptors (Lipinski definition) is 3. The first-order valence-corrected chi connectivity index (χ1v) is 12.1. The van der Waals surface area contributed by atoms with E-state index in [1.54, 1.807) is 29.5 Å². The fourth-order valence-electron chi connectivity index (χ4n) is 4.22. The number of thiophene rings is 1. The zero-order valence-electron chi connectivity index (χ0n) is 19.3. The predicted octanol–water partition coefficient (Wildman–Crippen LogP) is 8.17. The lowest BCUT2D eigenvalue weighted by molar-refractivity contribution is -0.136. The van der Waals surface area contributed by atoms with Crippen LogP contribution in [0, 0.1) is 24.4 Å². The van der Waals surface area contributed by atoms with Gasteiger partial charge in [0, 0.05) is 45.8 Å². The molecule has 0 radical (unpaired) electrons. The van der Waals surface area contributed by atoms with Gasteiger partial charge in [0.25, 0.3) is 0 Å². The third-order valence-electron chi connectivity index (χ3n) is 6.05. The minimum absolute atomic E-state index is 0.170. The van der Waals surface area contributed by atoms with Gasteiger partial charge in [-0.3, -0.25) is 4.68 Å². The Hall–Kier alpha value is -3.79. The molecule has 0 amide bonds. The Balaban J connectivity index is 1.64. The molecule has 0 spiro atoms. The summed E-state index contributed by atoms with van der Waals surface area (Å²) in [7, 11) is 0. The highest BCUT2D eigenvalue weighted by Gasteiger charge is 2.34. The Labute approximate surface area is 212 Å². The smallest absolute Gasteiger partial charge is 0.380 e. The molecule has 10 heteroatoms. The normalized spacial score (nSPS) is 11.9. The second-order valence-corrected chi connectivity index (χ2v) is 9.52. The molecule has 37 heavy (non-hydrogen) atoms. The van der Waals surface area contributed by atoms with Crippen LogP contribution >= 0.6 is 11.3 Å². The molecule has 3 nitrogen and oxygen atoms in total. The fourth-order valence-corrected chi connectivity index (χ4v) is 5.06. The van der Waals surface area contributed by atoms with Gasteiger partial charge in [-0.05, 0) is 42.1 Å². The predicted molar refractivity (Wildman–Crippen MR) is 132 cm³/mol. The van der Waals surface area contributed by atoms with Crippen molar-refractivity contribution in [3.05, 3.63) is 105 Å². The van der Waals surface area contributed by atoms with Crippen LogP contribution in [-0.4, -0.2) is 9.78 Å². The maximum absolute atomic E-state index is 14.5. The first-order chi connectivity index (χ1) is 17.6. The Morgan fingerprint density at radius 3 is 2.35 bits per heavy atom. The van der Waals surface area contributed by atoms with Crippen LogP contribution in [0.5, 0.6) is 0 Å². The maximum atomic E-state index is 14.5. The van der Waals surface area contributed by atoms with Crippen LogP contribution in [0.15, 0.2) is 66.0 Å². The van der Waals surface area contributed by atoms with E-state index in [1.165, 1.54) is 12.1 Å². The average molecular weight is 532 g/mol. The monoisotopic (exact) mass is 531 g/mol. The first-order valence-electron chi connectivity index (χ1n) is 11.2. The van der Waals surface area contributed by atoms with Crippen molar-refractivity contribution in [2.75, 3.05) is 5.32 Å². The number of rotatable bonds is 6. The lowest BCUT2D eigenvalue weighted by Crippen LogP contribution is -2.09. The van der Waals surface area contributed by atoms with Gasteiger partial charge in [-0.25, -0.2) is 13.2 Å². The minimum Gasteiger partial charge on any atom is -0.380 e. The first kappa shape index (κ1) is 24.9. The summed E-state index contributed by atoms with van der Waals surface area (Å²) in [6.07, 6.45) is -4.69. The van der Waals surface area contributed by atoms with Crippen LogP contribution in [-0.2, 0) is 19.3 Å². The highest BCUT2D eigenvalue weighted by molar-refractivity contribution is 7.10. The third-order valence-corrected chi connectivity index (χ3v) is 7.07. The summed E-state index contributed by atoms with van der Waals surface area (Å²) in [5.74, 6) is -3.40. The SMILES string of the molecule is Cc1ccsc1CNc1cccc(-c2c3cccc(C(F)(F)F)c3nn2Cc2c(F)cc(F)cc2F)c1. The lowest BCUT2D eigenvalue weighted by Gasteiger charge is -2.12. The lowest BCUT2D eigenvalue weighted by atomic mass is 10.0. The van der Waals surface area contributed by atoms with Gasteiger partial charge >= 0.3 is 6.18 Å². The van der Waals surface area contributed by atoms with E-state index in [2.05, 4.69) is 10.4 Å². The molecule has 0 saturated heterocycles. The summed E-state index contributed by atoms with van der Waals surface area (Å²) in [6.45, 7) is 2.02. The van der Waals surface area contributed by atoms with Crippen molar-refractivity contribution < 1.29 is 26.3 Å². The molecule has 0 saturated carbocycles. The van der Waals surface area contributed by atoms with Crippen molar-refractivity contribution in [3.63, 3.8) is 0 Å². The Kier molecular flexibility index (Phi) is 6.45. The van der Waals surface area contributed by atoms with Gasteiger partial charge in [0.1, 0.15) is 23.0 Å². The zero-order valence-corrected chi connectivity index (χ0v) is 20.2. The molecule has 0 fully saturated rings. The molecule has 2 aromatic heterocycles. The van der Waals surface area contributed by atoms with Gasteiger partial charge in [-0.15, -0.1) is 11.3 Å². The fraction of sp³-hybridized carbons (Fsp3) is 0.148. The van der Waals surface area contributed by atoms with Gasteiger partial charge in [0.2, 0.25) is 0 Å². The molecule has 0 unspecified atom stereocenters. The van der Waals surface area contributed by atoms with E-state index in [-0.39, 0.29) is 16.6 Å². The number of anilines is 1.